The summed E-state index contributed by atoms with van der Waals surface area (Å²) in [5.41, 5.74) is 4.61. The summed E-state index contributed by atoms with van der Waals surface area (Å²) >= 11 is 0. The SMILES string of the molecule is CCOc1ccc(-c2cc(OC)c(-c3ccccc3)c(CNCCC(=O)C3CC3)c2CC(=O)[O-])cn1.[Na+]. The van der Waals surface area contributed by atoms with E-state index in [-0.39, 0.29) is 47.7 Å². The fourth-order valence-corrected chi connectivity index (χ4v) is 4.44. The maximum absolute atomic E-state index is 12.2. The van der Waals surface area contributed by atoms with E-state index in [1.807, 2.05) is 49.4 Å². The molecule has 0 spiro atoms. The minimum absolute atomic E-state index is 0. The number of carboxylic acid groups (broad SMARTS) is 1. The molecule has 4 rings (SSSR count). The maximum atomic E-state index is 12.2. The third kappa shape index (κ3) is 7.42. The van der Waals surface area contributed by atoms with Crippen LogP contribution in [0.25, 0.3) is 22.3 Å². The summed E-state index contributed by atoms with van der Waals surface area (Å²) in [6, 6.07) is 15.2. The molecule has 0 bridgehead atoms. The van der Waals surface area contributed by atoms with Crippen LogP contribution in [-0.4, -0.2) is 37.0 Å². The Kier molecular flexibility index (Phi) is 10.7. The smallest absolute Gasteiger partial charge is 0.550 e. The van der Waals surface area contributed by atoms with Gasteiger partial charge in [0.2, 0.25) is 5.88 Å². The van der Waals surface area contributed by atoms with Gasteiger partial charge in [0.25, 0.3) is 0 Å². The van der Waals surface area contributed by atoms with E-state index in [4.69, 9.17) is 9.47 Å². The van der Waals surface area contributed by atoms with Crippen LogP contribution in [0.4, 0.5) is 0 Å². The van der Waals surface area contributed by atoms with Gasteiger partial charge in [-0.25, -0.2) is 4.98 Å². The van der Waals surface area contributed by atoms with Gasteiger partial charge in [-0.1, -0.05) is 30.3 Å². The van der Waals surface area contributed by atoms with Crippen molar-refractivity contribution in [3.05, 3.63) is 65.9 Å². The van der Waals surface area contributed by atoms with E-state index in [1.54, 1.807) is 19.4 Å². The molecule has 0 saturated heterocycles. The molecule has 1 aliphatic rings. The number of carbonyl (C=O) groups is 2. The van der Waals surface area contributed by atoms with E-state index >= 15 is 0 Å². The number of carboxylic acids is 1. The summed E-state index contributed by atoms with van der Waals surface area (Å²) in [6.45, 7) is 3.28. The molecule has 1 aromatic heterocycles. The summed E-state index contributed by atoms with van der Waals surface area (Å²) in [6.07, 6.45) is 3.83. The van der Waals surface area contributed by atoms with Crippen molar-refractivity contribution in [3.8, 4) is 33.9 Å². The van der Waals surface area contributed by atoms with Gasteiger partial charge in [-0.2, -0.15) is 0 Å². The number of carbonyl (C=O) groups excluding carboxylic acids is 2. The standard InChI is InChI=1S/C29H32N2O5.Na/c1-3-36-27-12-11-21(17-31-27)22-15-26(35-2)29(20-7-5-4-6-8-20)24(23(22)16-28(33)34)18-30-14-13-25(32)19-9-10-19;/h4-8,11-12,15,17,19,30H,3,9-10,13-14,16,18H2,1-2H3,(H,33,34);/q;+1/p-1. The van der Waals surface area contributed by atoms with Crippen LogP contribution in [0.2, 0.25) is 0 Å². The number of hydrogen-bond acceptors (Lipinski definition) is 7. The van der Waals surface area contributed by atoms with Crippen LogP contribution < -0.4 is 49.5 Å². The largest absolute Gasteiger partial charge is 1.00 e. The molecule has 0 radical (unpaired) electrons. The minimum atomic E-state index is -1.18. The topological polar surface area (TPSA) is 101 Å². The molecule has 0 amide bonds. The van der Waals surface area contributed by atoms with Gasteiger partial charge >= 0.3 is 29.6 Å². The van der Waals surface area contributed by atoms with Gasteiger partial charge in [-0.05, 0) is 54.2 Å². The number of nitrogens with one attached hydrogen (secondary N) is 1. The van der Waals surface area contributed by atoms with Crippen molar-refractivity contribution in [2.24, 2.45) is 5.92 Å². The molecule has 1 N–H and O–H groups in total. The Morgan fingerprint density at radius 3 is 2.43 bits per heavy atom. The third-order valence-electron chi connectivity index (χ3n) is 6.34. The Labute approximate surface area is 239 Å². The zero-order chi connectivity index (χ0) is 25.5. The first-order valence-electron chi connectivity index (χ1n) is 12.3. The Morgan fingerprint density at radius 2 is 1.84 bits per heavy atom. The van der Waals surface area contributed by atoms with E-state index in [1.165, 1.54) is 0 Å². The molecule has 1 saturated carbocycles. The average Bonchev–Trinajstić information content (AvgIpc) is 3.73. The third-order valence-corrected chi connectivity index (χ3v) is 6.34. The van der Waals surface area contributed by atoms with Crippen LogP contribution in [0, 0.1) is 5.92 Å². The first kappa shape index (κ1) is 28.9. The van der Waals surface area contributed by atoms with Crippen molar-refractivity contribution >= 4 is 11.8 Å². The number of rotatable bonds is 13. The van der Waals surface area contributed by atoms with Crippen LogP contribution in [0.15, 0.2) is 54.7 Å². The van der Waals surface area contributed by atoms with E-state index < -0.39 is 5.97 Å². The summed E-state index contributed by atoms with van der Waals surface area (Å²) in [5.74, 6) is 0.448. The molecule has 7 nitrogen and oxygen atoms in total. The summed E-state index contributed by atoms with van der Waals surface area (Å²) < 4.78 is 11.3. The van der Waals surface area contributed by atoms with E-state index in [9.17, 15) is 14.7 Å². The second kappa shape index (κ2) is 13.7. The predicted molar refractivity (Wildman–Crippen MR) is 136 cm³/mol. The Morgan fingerprint density at radius 1 is 1.08 bits per heavy atom. The van der Waals surface area contributed by atoms with E-state index in [2.05, 4.69) is 10.3 Å². The number of aliphatic carboxylic acids is 1. The number of nitrogens with zero attached hydrogens (tertiary/aromatic N) is 1. The number of methoxy groups -OCH3 is 1. The van der Waals surface area contributed by atoms with Gasteiger partial charge < -0.3 is 24.7 Å². The molecule has 8 heteroatoms. The molecule has 0 atom stereocenters. The molecule has 3 aromatic rings. The molecule has 37 heavy (non-hydrogen) atoms. The fourth-order valence-electron chi connectivity index (χ4n) is 4.44. The van der Waals surface area contributed by atoms with Crippen LogP contribution in [-0.2, 0) is 22.6 Å². The van der Waals surface area contributed by atoms with Crippen molar-refractivity contribution in [1.29, 1.82) is 0 Å². The number of ether oxygens (including phenoxy) is 2. The second-order valence-electron chi connectivity index (χ2n) is 8.86. The summed E-state index contributed by atoms with van der Waals surface area (Å²) in [5, 5.41) is 15.3. The van der Waals surface area contributed by atoms with Gasteiger partial charge in [0.1, 0.15) is 11.5 Å². The predicted octanol–water partition coefficient (Wildman–Crippen LogP) is 0.578. The van der Waals surface area contributed by atoms with Crippen LogP contribution in [0.1, 0.15) is 37.3 Å². The Bertz CT molecular complexity index is 1210. The van der Waals surface area contributed by atoms with Gasteiger partial charge in [0.05, 0.1) is 13.7 Å². The van der Waals surface area contributed by atoms with E-state index in [0.29, 0.717) is 48.9 Å². The number of ketones is 1. The number of hydrogen-bond donors (Lipinski definition) is 1. The monoisotopic (exact) mass is 510 g/mol. The molecule has 1 aliphatic carbocycles. The van der Waals surface area contributed by atoms with Crippen LogP contribution >= 0.6 is 0 Å². The average molecular weight is 511 g/mol. The van der Waals surface area contributed by atoms with Crippen molar-refractivity contribution < 1.29 is 53.7 Å². The molecular weight excluding hydrogens is 479 g/mol. The summed E-state index contributed by atoms with van der Waals surface area (Å²) in [4.78, 5) is 28.4. The van der Waals surface area contributed by atoms with Gasteiger partial charge in [0.15, 0.2) is 0 Å². The van der Waals surface area contributed by atoms with Gasteiger partial charge in [-0.3, -0.25) is 4.79 Å². The first-order chi connectivity index (χ1) is 17.5. The van der Waals surface area contributed by atoms with Gasteiger partial charge in [-0.15, -0.1) is 0 Å². The molecule has 0 unspecified atom stereocenters. The molecular formula is C29H31N2NaO5. The van der Waals surface area contributed by atoms with Crippen LogP contribution in [0.5, 0.6) is 11.6 Å². The van der Waals surface area contributed by atoms with Gasteiger partial charge in [0, 0.05) is 61.2 Å². The first-order valence-corrected chi connectivity index (χ1v) is 12.3. The number of benzene rings is 2. The fraction of sp³-hybridized carbons (Fsp3) is 0.345. The quantitative estimate of drug-likeness (QED) is 0.265. The molecule has 1 heterocycles. The zero-order valence-electron chi connectivity index (χ0n) is 21.7. The zero-order valence-corrected chi connectivity index (χ0v) is 23.7. The second-order valence-corrected chi connectivity index (χ2v) is 8.86. The molecule has 0 aliphatic heterocycles. The maximum Gasteiger partial charge on any atom is 1.00 e. The number of pyridine rings is 1. The number of Topliss-reactive ketones (excluding diaryl/α,β-unsaturated/α-hetero) is 1. The van der Waals surface area contributed by atoms with Crippen molar-refractivity contribution in [2.75, 3.05) is 20.3 Å². The van der Waals surface area contributed by atoms with E-state index in [0.717, 1.165) is 35.1 Å². The Balaban J connectivity index is 0.00000380. The van der Waals surface area contributed by atoms with Crippen molar-refractivity contribution in [2.45, 2.75) is 39.2 Å². The Hall–Kier alpha value is -2.71. The van der Waals surface area contributed by atoms with Crippen LogP contribution in [0.3, 0.4) is 0 Å². The minimum Gasteiger partial charge on any atom is -0.550 e. The number of aromatic nitrogens is 1. The molecule has 2 aromatic carbocycles. The van der Waals surface area contributed by atoms with Crippen molar-refractivity contribution in [3.63, 3.8) is 0 Å². The molecule has 1 fully saturated rings. The normalized spacial score (nSPS) is 12.5. The summed E-state index contributed by atoms with van der Waals surface area (Å²) in [7, 11) is 1.60. The molecule has 188 valence electrons. The van der Waals surface area contributed by atoms with Crippen molar-refractivity contribution in [1.82, 2.24) is 10.3 Å².